The number of rotatable bonds is 7. The van der Waals surface area contributed by atoms with Crippen molar-refractivity contribution in [1.82, 2.24) is 15.0 Å². The Kier molecular flexibility index (Phi) is 6.88. The summed E-state index contributed by atoms with van der Waals surface area (Å²) >= 11 is 0. The summed E-state index contributed by atoms with van der Waals surface area (Å²) in [6.07, 6.45) is 1.45. The number of carbonyl (C=O) groups excluding carboxylic acids is 2. The van der Waals surface area contributed by atoms with Gasteiger partial charge in [-0.3, -0.25) is 4.79 Å². The van der Waals surface area contributed by atoms with E-state index in [2.05, 4.69) is 25.6 Å². The molecule has 8 heteroatoms. The number of nitrogens with one attached hydrogen (secondary N) is 2. The molecule has 0 unspecified atom stereocenters. The summed E-state index contributed by atoms with van der Waals surface area (Å²) < 4.78 is 4.99. The lowest BCUT2D eigenvalue weighted by Crippen LogP contribution is -2.14. The molecule has 0 saturated heterocycles. The zero-order chi connectivity index (χ0) is 23.9. The topological polar surface area (TPSA) is 106 Å². The molecule has 2 aromatic heterocycles. The molecule has 4 rings (SSSR count). The van der Waals surface area contributed by atoms with Crippen LogP contribution in [0.3, 0.4) is 0 Å². The Labute approximate surface area is 197 Å². The Morgan fingerprint density at radius 3 is 2.50 bits per heavy atom. The largest absolute Gasteiger partial charge is 0.462 e. The summed E-state index contributed by atoms with van der Waals surface area (Å²) in [6, 6.07) is 21.7. The van der Waals surface area contributed by atoms with Gasteiger partial charge in [-0.25, -0.2) is 19.7 Å². The van der Waals surface area contributed by atoms with E-state index < -0.39 is 5.97 Å². The van der Waals surface area contributed by atoms with Gasteiger partial charge in [-0.05, 0) is 44.2 Å². The third-order valence-corrected chi connectivity index (χ3v) is 4.82. The molecule has 0 atom stereocenters. The van der Waals surface area contributed by atoms with E-state index in [1.807, 2.05) is 49.4 Å². The highest BCUT2D eigenvalue weighted by atomic mass is 16.5. The Bertz CT molecular complexity index is 1330. The van der Waals surface area contributed by atoms with Gasteiger partial charge in [0.05, 0.1) is 17.9 Å². The van der Waals surface area contributed by atoms with Gasteiger partial charge in [-0.15, -0.1) is 0 Å². The first-order chi connectivity index (χ1) is 16.5. The van der Waals surface area contributed by atoms with Crippen LogP contribution in [0.5, 0.6) is 0 Å². The third kappa shape index (κ3) is 5.60. The lowest BCUT2D eigenvalue weighted by molar-refractivity contribution is 0.0526. The monoisotopic (exact) mass is 453 g/mol. The maximum atomic E-state index is 12.8. The molecule has 1 amide bonds. The molecular weight excluding hydrogens is 430 g/mol. The van der Waals surface area contributed by atoms with Crippen molar-refractivity contribution < 1.29 is 14.3 Å². The van der Waals surface area contributed by atoms with E-state index in [9.17, 15) is 9.59 Å². The lowest BCUT2D eigenvalue weighted by Gasteiger charge is -2.11. The summed E-state index contributed by atoms with van der Waals surface area (Å²) in [7, 11) is 0. The lowest BCUT2D eigenvalue weighted by atomic mass is 10.1. The van der Waals surface area contributed by atoms with Crippen molar-refractivity contribution in [3.8, 4) is 11.3 Å². The molecule has 34 heavy (non-hydrogen) atoms. The van der Waals surface area contributed by atoms with Crippen LogP contribution >= 0.6 is 0 Å². The van der Waals surface area contributed by atoms with Crippen LogP contribution in [0.2, 0.25) is 0 Å². The number of ether oxygens (including phenoxy) is 1. The fraction of sp³-hybridized carbons (Fsp3) is 0.115. The predicted molar refractivity (Wildman–Crippen MR) is 130 cm³/mol. The Balaban J connectivity index is 1.51. The second kappa shape index (κ2) is 10.4. The van der Waals surface area contributed by atoms with Crippen LogP contribution in [0.1, 0.15) is 33.5 Å². The Morgan fingerprint density at radius 2 is 1.71 bits per heavy atom. The van der Waals surface area contributed by atoms with Crippen molar-refractivity contribution in [2.45, 2.75) is 13.8 Å². The zero-order valence-corrected chi connectivity index (χ0v) is 18.8. The smallest absolute Gasteiger partial charge is 0.338 e. The van der Waals surface area contributed by atoms with Gasteiger partial charge in [0.1, 0.15) is 17.5 Å². The molecular formula is C26H23N5O3. The van der Waals surface area contributed by atoms with Crippen LogP contribution in [-0.4, -0.2) is 33.4 Å². The molecule has 0 fully saturated rings. The van der Waals surface area contributed by atoms with Crippen molar-refractivity contribution in [2.24, 2.45) is 0 Å². The molecule has 0 saturated carbocycles. The highest BCUT2D eigenvalue weighted by Crippen LogP contribution is 2.23. The summed E-state index contributed by atoms with van der Waals surface area (Å²) in [4.78, 5) is 37.8. The third-order valence-electron chi connectivity index (χ3n) is 4.82. The van der Waals surface area contributed by atoms with Crippen LogP contribution in [0.15, 0.2) is 79.0 Å². The number of hydrogen-bond donors (Lipinski definition) is 2. The summed E-state index contributed by atoms with van der Waals surface area (Å²) in [5.74, 6) is 0.675. The fourth-order valence-corrected chi connectivity index (χ4v) is 3.30. The molecule has 2 aromatic carbocycles. The van der Waals surface area contributed by atoms with Crippen molar-refractivity contribution in [3.63, 3.8) is 0 Å². The number of carbonyl (C=O) groups is 2. The molecule has 170 valence electrons. The minimum absolute atomic E-state index is 0.257. The van der Waals surface area contributed by atoms with E-state index in [0.29, 0.717) is 28.5 Å². The molecule has 0 aliphatic heterocycles. The normalized spacial score (nSPS) is 10.4. The second-order valence-electron chi connectivity index (χ2n) is 7.36. The van der Waals surface area contributed by atoms with Crippen LogP contribution in [-0.2, 0) is 4.74 Å². The number of hydrogen-bond acceptors (Lipinski definition) is 7. The molecule has 2 N–H and O–H groups in total. The quantitative estimate of drug-likeness (QED) is 0.379. The van der Waals surface area contributed by atoms with E-state index >= 15 is 0 Å². The maximum Gasteiger partial charge on any atom is 0.338 e. The van der Waals surface area contributed by atoms with E-state index in [4.69, 9.17) is 4.74 Å². The maximum absolute atomic E-state index is 12.8. The SMILES string of the molecule is CCOC(=O)c1ccnc(NC(=O)c2cccc(Nc3cc(-c4ccccc4)nc(C)n3)c2)c1. The van der Waals surface area contributed by atoms with Crippen LogP contribution < -0.4 is 10.6 Å². The summed E-state index contributed by atoms with van der Waals surface area (Å²) in [6.45, 7) is 3.83. The summed E-state index contributed by atoms with van der Waals surface area (Å²) in [5.41, 5.74) is 3.22. The second-order valence-corrected chi connectivity index (χ2v) is 7.36. The van der Waals surface area contributed by atoms with Gasteiger partial charge >= 0.3 is 5.97 Å². The van der Waals surface area contributed by atoms with Crippen LogP contribution in [0.25, 0.3) is 11.3 Å². The predicted octanol–water partition coefficient (Wildman–Crippen LogP) is 5.02. The Morgan fingerprint density at radius 1 is 0.882 bits per heavy atom. The number of benzene rings is 2. The first kappa shape index (κ1) is 22.6. The molecule has 4 aromatic rings. The fourth-order valence-electron chi connectivity index (χ4n) is 3.30. The van der Waals surface area contributed by atoms with Gasteiger partial charge in [-0.1, -0.05) is 36.4 Å². The van der Waals surface area contributed by atoms with E-state index in [0.717, 1.165) is 11.3 Å². The first-order valence-electron chi connectivity index (χ1n) is 10.7. The number of esters is 1. The number of aromatic nitrogens is 3. The van der Waals surface area contributed by atoms with Gasteiger partial charge < -0.3 is 15.4 Å². The van der Waals surface area contributed by atoms with Crippen molar-refractivity contribution >= 4 is 29.2 Å². The molecule has 0 aliphatic rings. The molecule has 0 bridgehead atoms. The molecule has 2 heterocycles. The highest BCUT2D eigenvalue weighted by molar-refractivity contribution is 6.04. The van der Waals surface area contributed by atoms with Crippen molar-refractivity contribution in [2.75, 3.05) is 17.2 Å². The van der Waals surface area contributed by atoms with E-state index in [-0.39, 0.29) is 18.3 Å². The van der Waals surface area contributed by atoms with Gasteiger partial charge in [0.15, 0.2) is 0 Å². The first-order valence-corrected chi connectivity index (χ1v) is 10.7. The molecule has 0 aliphatic carbocycles. The number of anilines is 3. The number of pyridine rings is 1. The van der Waals surface area contributed by atoms with Crippen LogP contribution in [0, 0.1) is 6.92 Å². The van der Waals surface area contributed by atoms with Crippen LogP contribution in [0.4, 0.5) is 17.3 Å². The minimum atomic E-state index is -0.471. The van der Waals surface area contributed by atoms with Crippen molar-refractivity contribution in [1.29, 1.82) is 0 Å². The standard InChI is InChI=1S/C26H23N5O3/c1-3-34-26(33)20-12-13-27-23(15-20)31-25(32)19-10-7-11-21(14-19)30-24-16-22(28-17(2)29-24)18-8-5-4-6-9-18/h4-16H,3H2,1-2H3,(H,27,31,32)(H,28,29,30). The average molecular weight is 454 g/mol. The van der Waals surface area contributed by atoms with E-state index in [1.54, 1.807) is 25.1 Å². The molecule has 0 spiro atoms. The summed E-state index contributed by atoms with van der Waals surface area (Å²) in [5, 5.41) is 5.96. The van der Waals surface area contributed by atoms with Gasteiger partial charge in [-0.2, -0.15) is 0 Å². The average Bonchev–Trinajstić information content (AvgIpc) is 2.85. The molecule has 8 nitrogen and oxygen atoms in total. The van der Waals surface area contributed by atoms with Gasteiger partial charge in [0.25, 0.3) is 5.91 Å². The van der Waals surface area contributed by atoms with Gasteiger partial charge in [0.2, 0.25) is 0 Å². The number of nitrogens with zero attached hydrogens (tertiary/aromatic N) is 3. The Hall–Kier alpha value is -4.59. The van der Waals surface area contributed by atoms with Crippen molar-refractivity contribution in [3.05, 3.63) is 95.9 Å². The molecule has 0 radical (unpaired) electrons. The van der Waals surface area contributed by atoms with E-state index in [1.165, 1.54) is 18.3 Å². The zero-order valence-electron chi connectivity index (χ0n) is 18.8. The highest BCUT2D eigenvalue weighted by Gasteiger charge is 2.12. The number of aryl methyl sites for hydroxylation is 1. The van der Waals surface area contributed by atoms with Gasteiger partial charge in [0, 0.05) is 29.1 Å². The minimum Gasteiger partial charge on any atom is -0.462 e. The number of amides is 1.